The van der Waals surface area contributed by atoms with Crippen molar-refractivity contribution in [2.24, 2.45) is 5.92 Å². The van der Waals surface area contributed by atoms with E-state index in [-0.39, 0.29) is 36.7 Å². The number of hydrogen-bond acceptors (Lipinski definition) is 4. The lowest BCUT2D eigenvalue weighted by Crippen LogP contribution is -2.41. The molecule has 2 aliphatic rings. The van der Waals surface area contributed by atoms with E-state index >= 15 is 0 Å². The van der Waals surface area contributed by atoms with Gasteiger partial charge in [-0.1, -0.05) is 19.3 Å². The third-order valence-electron chi connectivity index (χ3n) is 5.15. The number of sulfonamides is 1. The van der Waals surface area contributed by atoms with Crippen molar-refractivity contribution in [2.45, 2.75) is 63.8 Å². The van der Waals surface area contributed by atoms with Crippen LogP contribution in [-0.4, -0.2) is 56.5 Å². The van der Waals surface area contributed by atoms with Gasteiger partial charge in [-0.2, -0.15) is 0 Å². The number of rotatable bonds is 3. The fraction of sp³-hybridized carbons (Fsp3) is 0.882. The Kier molecular flexibility index (Phi) is 7.68. The summed E-state index contributed by atoms with van der Waals surface area (Å²) in [5.74, 6) is -0.296. The highest BCUT2D eigenvalue weighted by molar-refractivity contribution is 7.88. The molecule has 25 heavy (non-hydrogen) atoms. The van der Waals surface area contributed by atoms with Gasteiger partial charge in [0.15, 0.2) is 0 Å². The highest BCUT2D eigenvalue weighted by atomic mass is 32.2. The maximum Gasteiger partial charge on any atom is 0.223 e. The molecule has 0 aromatic carbocycles. The highest BCUT2D eigenvalue weighted by Gasteiger charge is 2.25. The SMILES string of the molecule is CS(=O)(=O)N1CCCC(C(=O)NC2CCCCC2)CCNC(=O)CC1. The van der Waals surface area contributed by atoms with E-state index < -0.39 is 10.0 Å². The number of nitrogens with zero attached hydrogens (tertiary/aromatic N) is 1. The Balaban J connectivity index is 1.95. The number of nitrogens with one attached hydrogen (secondary N) is 2. The highest BCUT2D eigenvalue weighted by Crippen LogP contribution is 2.20. The first-order valence-corrected chi connectivity index (χ1v) is 11.2. The summed E-state index contributed by atoms with van der Waals surface area (Å²) >= 11 is 0. The molecular formula is C17H31N3O4S. The van der Waals surface area contributed by atoms with E-state index in [1.54, 1.807) is 0 Å². The van der Waals surface area contributed by atoms with Gasteiger partial charge in [-0.25, -0.2) is 12.7 Å². The Morgan fingerprint density at radius 3 is 2.48 bits per heavy atom. The molecule has 1 saturated heterocycles. The first-order valence-electron chi connectivity index (χ1n) is 9.38. The molecule has 8 heteroatoms. The van der Waals surface area contributed by atoms with Crippen LogP contribution >= 0.6 is 0 Å². The zero-order valence-corrected chi connectivity index (χ0v) is 15.9. The maximum absolute atomic E-state index is 12.6. The zero-order chi connectivity index (χ0) is 18.3. The molecule has 0 spiro atoms. The Morgan fingerprint density at radius 1 is 1.08 bits per heavy atom. The molecule has 1 heterocycles. The van der Waals surface area contributed by atoms with E-state index in [1.807, 2.05) is 0 Å². The van der Waals surface area contributed by atoms with Crippen molar-refractivity contribution in [3.8, 4) is 0 Å². The van der Waals surface area contributed by atoms with Crippen LogP contribution < -0.4 is 10.6 Å². The average molecular weight is 374 g/mol. The van der Waals surface area contributed by atoms with Gasteiger partial charge in [0, 0.05) is 38.0 Å². The van der Waals surface area contributed by atoms with E-state index in [1.165, 1.54) is 10.7 Å². The van der Waals surface area contributed by atoms with Gasteiger partial charge in [0.25, 0.3) is 0 Å². The molecule has 144 valence electrons. The summed E-state index contributed by atoms with van der Waals surface area (Å²) in [7, 11) is -3.34. The molecule has 2 fully saturated rings. The summed E-state index contributed by atoms with van der Waals surface area (Å²) in [5, 5.41) is 5.96. The molecule has 1 aliphatic carbocycles. The number of amides is 2. The van der Waals surface area contributed by atoms with Gasteiger partial charge < -0.3 is 10.6 Å². The van der Waals surface area contributed by atoms with Crippen molar-refractivity contribution in [3.63, 3.8) is 0 Å². The molecular weight excluding hydrogens is 342 g/mol. The van der Waals surface area contributed by atoms with Crippen LogP contribution in [0.1, 0.15) is 57.8 Å². The van der Waals surface area contributed by atoms with Crippen molar-refractivity contribution < 1.29 is 18.0 Å². The molecule has 0 radical (unpaired) electrons. The first-order chi connectivity index (χ1) is 11.9. The number of hydrogen-bond donors (Lipinski definition) is 2. The van der Waals surface area contributed by atoms with Crippen molar-refractivity contribution in [1.82, 2.24) is 14.9 Å². The lowest BCUT2D eigenvalue weighted by Gasteiger charge is -2.26. The van der Waals surface area contributed by atoms with Gasteiger partial charge in [-0.05, 0) is 32.1 Å². The van der Waals surface area contributed by atoms with E-state index in [4.69, 9.17) is 0 Å². The number of carbonyl (C=O) groups is 2. The standard InChI is InChI=1S/C17H31N3O4S/c1-25(23,24)20-12-5-6-14(9-11-18-16(21)10-13-20)17(22)19-15-7-3-2-4-8-15/h14-15H,2-13H2,1H3,(H,18,21)(H,19,22). The van der Waals surface area contributed by atoms with Crippen LogP contribution in [0.5, 0.6) is 0 Å². The zero-order valence-electron chi connectivity index (χ0n) is 15.1. The summed E-state index contributed by atoms with van der Waals surface area (Å²) in [4.78, 5) is 24.5. The predicted molar refractivity (Wildman–Crippen MR) is 96.4 cm³/mol. The Hall–Kier alpha value is -1.15. The third-order valence-corrected chi connectivity index (χ3v) is 6.46. The molecule has 1 saturated carbocycles. The minimum atomic E-state index is -3.34. The molecule has 0 aromatic heterocycles. The number of carbonyl (C=O) groups excluding carboxylic acids is 2. The van der Waals surface area contributed by atoms with Crippen LogP contribution in [0.15, 0.2) is 0 Å². The van der Waals surface area contributed by atoms with Crippen LogP contribution in [0, 0.1) is 5.92 Å². The van der Waals surface area contributed by atoms with Gasteiger partial charge in [-0.3, -0.25) is 9.59 Å². The van der Waals surface area contributed by atoms with Gasteiger partial charge >= 0.3 is 0 Å². The quantitative estimate of drug-likeness (QED) is 0.771. The van der Waals surface area contributed by atoms with Crippen LogP contribution in [0.2, 0.25) is 0 Å². The fourth-order valence-electron chi connectivity index (χ4n) is 3.63. The third kappa shape index (κ3) is 6.93. The van der Waals surface area contributed by atoms with E-state index in [2.05, 4.69) is 10.6 Å². The molecule has 1 atom stereocenters. The first kappa shape index (κ1) is 20.2. The molecule has 2 amide bonds. The molecule has 0 aromatic rings. The predicted octanol–water partition coefficient (Wildman–Crippen LogP) is 1.00. The summed E-state index contributed by atoms with van der Waals surface area (Å²) in [6, 6.07) is 0.265. The smallest absolute Gasteiger partial charge is 0.223 e. The summed E-state index contributed by atoms with van der Waals surface area (Å²) in [5.41, 5.74) is 0. The monoisotopic (exact) mass is 373 g/mol. The molecule has 7 nitrogen and oxygen atoms in total. The molecule has 1 aliphatic heterocycles. The van der Waals surface area contributed by atoms with Gasteiger partial charge in [0.05, 0.1) is 6.26 Å². The van der Waals surface area contributed by atoms with Gasteiger partial charge in [0.1, 0.15) is 0 Å². The van der Waals surface area contributed by atoms with E-state index in [0.29, 0.717) is 32.4 Å². The van der Waals surface area contributed by atoms with Crippen LogP contribution in [-0.2, 0) is 19.6 Å². The second-order valence-corrected chi connectivity index (χ2v) is 9.22. The summed E-state index contributed by atoms with van der Waals surface area (Å²) in [6.07, 6.45) is 8.83. The van der Waals surface area contributed by atoms with Gasteiger partial charge in [-0.15, -0.1) is 0 Å². The molecule has 2 N–H and O–H groups in total. The van der Waals surface area contributed by atoms with Crippen LogP contribution in [0.25, 0.3) is 0 Å². The van der Waals surface area contributed by atoms with E-state index in [0.717, 1.165) is 31.9 Å². The van der Waals surface area contributed by atoms with E-state index in [9.17, 15) is 18.0 Å². The van der Waals surface area contributed by atoms with Crippen molar-refractivity contribution in [1.29, 1.82) is 0 Å². The largest absolute Gasteiger partial charge is 0.356 e. The van der Waals surface area contributed by atoms with Gasteiger partial charge in [0.2, 0.25) is 21.8 Å². The second kappa shape index (κ2) is 9.52. The maximum atomic E-state index is 12.6. The lowest BCUT2D eigenvalue weighted by molar-refractivity contribution is -0.127. The minimum Gasteiger partial charge on any atom is -0.356 e. The van der Waals surface area contributed by atoms with Crippen molar-refractivity contribution in [2.75, 3.05) is 25.9 Å². The second-order valence-electron chi connectivity index (χ2n) is 7.23. The fourth-order valence-corrected chi connectivity index (χ4v) is 4.51. The lowest BCUT2D eigenvalue weighted by atomic mass is 9.93. The van der Waals surface area contributed by atoms with Crippen LogP contribution in [0.3, 0.4) is 0 Å². The minimum absolute atomic E-state index is 0.0475. The molecule has 1 unspecified atom stereocenters. The summed E-state index contributed by atoms with van der Waals surface area (Å²) in [6.45, 7) is 1.02. The Labute approximate surface area is 151 Å². The molecule has 2 rings (SSSR count). The normalized spacial score (nSPS) is 25.6. The molecule has 0 bridgehead atoms. The topological polar surface area (TPSA) is 95.6 Å². The Morgan fingerprint density at radius 2 is 1.80 bits per heavy atom. The van der Waals surface area contributed by atoms with Crippen molar-refractivity contribution >= 4 is 21.8 Å². The van der Waals surface area contributed by atoms with Crippen LogP contribution in [0.4, 0.5) is 0 Å². The average Bonchev–Trinajstić information content (AvgIpc) is 2.59. The Bertz CT molecular complexity index is 558. The summed E-state index contributed by atoms with van der Waals surface area (Å²) < 4.78 is 25.0. The van der Waals surface area contributed by atoms with Crippen molar-refractivity contribution in [3.05, 3.63) is 0 Å².